The molecule has 6 unspecified atom stereocenters. The number of hydrogen-bond donors (Lipinski definition) is 0. The van der Waals surface area contributed by atoms with Crippen LogP contribution in [-0.2, 0) is 9.59 Å². The van der Waals surface area contributed by atoms with E-state index in [-0.39, 0.29) is 30.6 Å². The Bertz CT molecular complexity index is 698. The lowest BCUT2D eigenvalue weighted by atomic mass is 9.70. The van der Waals surface area contributed by atoms with E-state index < -0.39 is 40.6 Å². The van der Waals surface area contributed by atoms with Crippen molar-refractivity contribution in [1.29, 1.82) is 0 Å². The maximum absolute atomic E-state index is 16.5. The quantitative estimate of drug-likeness (QED) is 0.305. The van der Waals surface area contributed by atoms with E-state index in [9.17, 15) is 9.59 Å². The molecule has 3 saturated carbocycles. The number of hydrogen-bond acceptors (Lipinski definition) is 2. The molecule has 0 radical (unpaired) electrons. The molecule has 0 spiro atoms. The van der Waals surface area contributed by atoms with Crippen LogP contribution in [0.2, 0.25) is 0 Å². The first-order valence-electron chi connectivity index (χ1n) is 16.6. The molecule has 6 heteroatoms. The number of halogens is 4. The van der Waals surface area contributed by atoms with Gasteiger partial charge in [-0.15, -0.1) is 0 Å². The van der Waals surface area contributed by atoms with Crippen LogP contribution in [0.5, 0.6) is 0 Å². The molecule has 0 aliphatic heterocycles. The molecule has 226 valence electrons. The van der Waals surface area contributed by atoms with Gasteiger partial charge in [0.2, 0.25) is 10.5 Å². The Morgan fingerprint density at radius 2 is 0.897 bits per heavy atom. The lowest BCUT2D eigenvalue weighted by Crippen LogP contribution is -2.41. The maximum Gasteiger partial charge on any atom is 0.228 e. The van der Waals surface area contributed by atoms with Crippen molar-refractivity contribution in [3.8, 4) is 0 Å². The van der Waals surface area contributed by atoms with Crippen molar-refractivity contribution in [3.05, 3.63) is 0 Å². The van der Waals surface area contributed by atoms with Gasteiger partial charge in [-0.3, -0.25) is 9.59 Å². The Kier molecular flexibility index (Phi) is 15.7. The third kappa shape index (κ3) is 10.8. The summed E-state index contributed by atoms with van der Waals surface area (Å²) in [5.41, 5.74) is 0. The zero-order chi connectivity index (χ0) is 28.0. The lowest BCUT2D eigenvalue weighted by molar-refractivity contribution is -0.122. The van der Waals surface area contributed by atoms with E-state index in [1.165, 1.54) is 51.4 Å². The number of carbonyl (C=O) groups excluding carboxylic acids is 2. The number of carbonyl (C=O) groups is 2. The van der Waals surface area contributed by atoms with E-state index in [1.807, 2.05) is 0 Å². The van der Waals surface area contributed by atoms with E-state index in [4.69, 9.17) is 23.2 Å². The van der Waals surface area contributed by atoms with Crippen LogP contribution < -0.4 is 0 Å². The fourth-order valence-corrected chi connectivity index (χ4v) is 8.87. The second-order valence-electron chi connectivity index (χ2n) is 13.2. The van der Waals surface area contributed by atoms with Crippen LogP contribution in [0.3, 0.4) is 0 Å². The summed E-state index contributed by atoms with van der Waals surface area (Å²) in [6.07, 6.45) is 19.7. The summed E-state index contributed by atoms with van der Waals surface area (Å²) >= 11 is 12.4. The first-order chi connectivity index (χ1) is 18.9. The molecule has 0 bridgehead atoms. The summed E-state index contributed by atoms with van der Waals surface area (Å²) in [4.78, 5) is 25.7. The Morgan fingerprint density at radius 3 is 1.31 bits per heavy atom. The highest BCUT2D eigenvalue weighted by atomic mass is 35.5. The first-order valence-corrected chi connectivity index (χ1v) is 17.3. The molecule has 3 rings (SSSR count). The van der Waals surface area contributed by atoms with Crippen molar-refractivity contribution in [2.24, 2.45) is 35.5 Å². The van der Waals surface area contributed by atoms with Crippen molar-refractivity contribution >= 4 is 33.7 Å². The van der Waals surface area contributed by atoms with Crippen LogP contribution in [0.25, 0.3) is 0 Å². The maximum atomic E-state index is 16.5. The number of rotatable bonds is 4. The Labute approximate surface area is 247 Å². The predicted molar refractivity (Wildman–Crippen MR) is 159 cm³/mol. The van der Waals surface area contributed by atoms with Gasteiger partial charge in [-0.25, -0.2) is 8.78 Å². The van der Waals surface area contributed by atoms with Crippen LogP contribution in [0.4, 0.5) is 8.78 Å². The molecule has 0 N–H and O–H groups in total. The summed E-state index contributed by atoms with van der Waals surface area (Å²) in [6.45, 7) is 0. The molecule has 6 atom stereocenters. The van der Waals surface area contributed by atoms with E-state index in [2.05, 4.69) is 0 Å². The van der Waals surface area contributed by atoms with E-state index in [0.717, 1.165) is 77.0 Å². The molecule has 0 aromatic rings. The molecule has 2 nitrogen and oxygen atoms in total. The topological polar surface area (TPSA) is 34.1 Å². The van der Waals surface area contributed by atoms with Crippen LogP contribution in [0, 0.1) is 35.5 Å². The van der Waals surface area contributed by atoms with Crippen LogP contribution >= 0.6 is 23.2 Å². The largest absolute Gasteiger partial charge is 0.281 e. The third-order valence-corrected chi connectivity index (χ3v) is 11.0. The fraction of sp³-hybridized carbons (Fsp3) is 0.939. The standard InChI is InChI=1S/C33H54Cl2F2O2/c34-32(38)26-21-22-28(36)30(25-19-15-11-5-2-1-3-6-12-16-20-25)31(33(35)39)29(37)23-27(26)24-17-13-9-7-4-8-10-14-18-24/h24-31H,1-23H2. The Hall–Kier alpha value is -0.220. The van der Waals surface area contributed by atoms with E-state index in [0.29, 0.717) is 6.42 Å². The minimum Gasteiger partial charge on any atom is -0.281 e. The van der Waals surface area contributed by atoms with Crippen molar-refractivity contribution < 1.29 is 18.4 Å². The Balaban J connectivity index is 1.87. The second kappa shape index (κ2) is 18.3. The van der Waals surface area contributed by atoms with Crippen molar-refractivity contribution in [2.45, 2.75) is 160 Å². The first kappa shape index (κ1) is 33.3. The van der Waals surface area contributed by atoms with Gasteiger partial charge in [0.15, 0.2) is 0 Å². The van der Waals surface area contributed by atoms with Crippen LogP contribution in [0.15, 0.2) is 0 Å². The average molecular weight is 592 g/mol. The average Bonchev–Trinajstić information content (AvgIpc) is 2.94. The molecule has 39 heavy (non-hydrogen) atoms. The minimum absolute atomic E-state index is 0.0549. The summed E-state index contributed by atoms with van der Waals surface area (Å²) < 4.78 is 32.8. The zero-order valence-corrected chi connectivity index (χ0v) is 25.7. The molecule has 3 aliphatic carbocycles. The minimum atomic E-state index is -1.54. The fourth-order valence-electron chi connectivity index (χ4n) is 8.32. The van der Waals surface area contributed by atoms with Gasteiger partial charge in [-0.2, -0.15) is 0 Å². The summed E-state index contributed by atoms with van der Waals surface area (Å²) in [5, 5.41) is -1.20. The molecule has 0 heterocycles. The Morgan fingerprint density at radius 1 is 0.487 bits per heavy atom. The molecular weight excluding hydrogens is 537 g/mol. The normalized spacial score (nSPS) is 34.9. The van der Waals surface area contributed by atoms with Gasteiger partial charge in [-0.05, 0) is 60.2 Å². The SMILES string of the molecule is O=C(Cl)C1CCC(F)C(C2CCCCCCCCCCC2)C(C(=O)Cl)C(F)CC1C1CCCCCCCCC1. The molecule has 0 aromatic heterocycles. The summed E-state index contributed by atoms with van der Waals surface area (Å²) in [7, 11) is 0. The third-order valence-electron chi connectivity index (χ3n) is 10.5. The smallest absolute Gasteiger partial charge is 0.228 e. The highest BCUT2D eigenvalue weighted by Gasteiger charge is 2.47. The molecule has 3 aliphatic rings. The van der Waals surface area contributed by atoms with Crippen molar-refractivity contribution in [3.63, 3.8) is 0 Å². The summed E-state index contributed by atoms with van der Waals surface area (Å²) in [6, 6.07) is 0. The highest BCUT2D eigenvalue weighted by Crippen LogP contribution is 2.46. The van der Waals surface area contributed by atoms with E-state index in [1.54, 1.807) is 0 Å². The molecule has 0 aromatic carbocycles. The monoisotopic (exact) mass is 590 g/mol. The van der Waals surface area contributed by atoms with Gasteiger partial charge in [0, 0.05) is 11.8 Å². The van der Waals surface area contributed by atoms with Crippen molar-refractivity contribution in [2.75, 3.05) is 0 Å². The molecule has 0 amide bonds. The predicted octanol–water partition coefficient (Wildman–Crippen LogP) is 10.9. The van der Waals surface area contributed by atoms with Gasteiger partial charge in [-0.1, -0.05) is 128 Å². The van der Waals surface area contributed by atoms with Crippen molar-refractivity contribution in [1.82, 2.24) is 0 Å². The zero-order valence-electron chi connectivity index (χ0n) is 24.2. The second-order valence-corrected chi connectivity index (χ2v) is 13.9. The van der Waals surface area contributed by atoms with Gasteiger partial charge in [0.1, 0.15) is 12.3 Å². The number of alkyl halides is 2. The van der Waals surface area contributed by atoms with E-state index >= 15 is 8.78 Å². The van der Waals surface area contributed by atoms with Gasteiger partial charge in [0.05, 0.1) is 5.92 Å². The summed E-state index contributed by atoms with van der Waals surface area (Å²) in [5.74, 6) is -2.56. The van der Waals surface area contributed by atoms with Gasteiger partial charge < -0.3 is 0 Å². The highest BCUT2D eigenvalue weighted by molar-refractivity contribution is 6.64. The van der Waals surface area contributed by atoms with Gasteiger partial charge in [0.25, 0.3) is 0 Å². The molecular formula is C33H54Cl2F2O2. The molecule has 0 saturated heterocycles. The van der Waals surface area contributed by atoms with Crippen LogP contribution in [-0.4, -0.2) is 22.8 Å². The lowest BCUT2D eigenvalue weighted by Gasteiger charge is -2.37. The van der Waals surface area contributed by atoms with Gasteiger partial charge >= 0.3 is 0 Å². The molecule has 3 fully saturated rings. The van der Waals surface area contributed by atoms with Crippen LogP contribution in [0.1, 0.15) is 148 Å².